The zero-order chi connectivity index (χ0) is 15.3. The lowest BCUT2D eigenvalue weighted by Crippen LogP contribution is -2.33. The molecular formula is C16H23N2O2P. The van der Waals surface area contributed by atoms with Crippen LogP contribution < -0.4 is 15.9 Å². The molecule has 114 valence electrons. The highest BCUT2D eigenvalue weighted by Crippen LogP contribution is 2.47. The van der Waals surface area contributed by atoms with E-state index in [0.717, 1.165) is 31.2 Å². The third kappa shape index (κ3) is 3.84. The predicted octanol–water partition coefficient (Wildman–Crippen LogP) is 2.36. The Morgan fingerprint density at radius 1 is 1.43 bits per heavy atom. The van der Waals surface area contributed by atoms with Gasteiger partial charge in [-0.05, 0) is 30.2 Å². The Hall–Kier alpha value is -1.38. The van der Waals surface area contributed by atoms with Gasteiger partial charge in [-0.1, -0.05) is 26.0 Å². The van der Waals surface area contributed by atoms with Gasteiger partial charge in [0.1, 0.15) is 7.14 Å². The number of carbonyl (C=O) groups is 1. The van der Waals surface area contributed by atoms with Gasteiger partial charge in [0.25, 0.3) is 0 Å². The lowest BCUT2D eigenvalue weighted by atomic mass is 10.1. The summed E-state index contributed by atoms with van der Waals surface area (Å²) in [5.41, 5.74) is 1.85. The van der Waals surface area contributed by atoms with E-state index < -0.39 is 7.14 Å². The van der Waals surface area contributed by atoms with E-state index in [1.165, 1.54) is 11.6 Å². The molecule has 0 radical (unpaired) electrons. The molecule has 1 aliphatic heterocycles. The highest BCUT2D eigenvalue weighted by molar-refractivity contribution is 7.72. The maximum atomic E-state index is 13.3. The highest BCUT2D eigenvalue weighted by atomic mass is 31.2. The first-order valence-corrected chi connectivity index (χ1v) is 9.52. The standard InChI is InChI=1S/C16H23N2O2P/c1-3-5-13-6-7-14(18-16(19)4-2)15(12-13)21(20)10-8-17-9-11-21/h4,6-7,12,17H,2-3,5,8-11H2,1H3,(H,18,19). The molecule has 0 spiro atoms. The lowest BCUT2D eigenvalue weighted by molar-refractivity contribution is -0.111. The second-order valence-corrected chi connectivity index (χ2v) is 8.54. The Morgan fingerprint density at radius 3 is 2.76 bits per heavy atom. The number of aryl methyl sites for hydroxylation is 1. The zero-order valence-corrected chi connectivity index (χ0v) is 13.4. The third-order valence-electron chi connectivity index (χ3n) is 3.78. The Bertz CT molecular complexity index is 574. The van der Waals surface area contributed by atoms with Crippen LogP contribution in [0.25, 0.3) is 0 Å². The minimum Gasteiger partial charge on any atom is -0.322 e. The summed E-state index contributed by atoms with van der Waals surface area (Å²) in [5, 5.41) is 6.87. The first kappa shape index (κ1) is 16.0. The molecule has 0 saturated carbocycles. The molecule has 1 aliphatic rings. The molecule has 0 unspecified atom stereocenters. The van der Waals surface area contributed by atoms with Gasteiger partial charge in [-0.3, -0.25) is 4.79 Å². The molecule has 1 amide bonds. The van der Waals surface area contributed by atoms with Crippen LogP contribution in [0, 0.1) is 0 Å². The minimum absolute atomic E-state index is 0.263. The smallest absolute Gasteiger partial charge is 0.247 e. The molecule has 5 heteroatoms. The molecule has 2 N–H and O–H groups in total. The van der Waals surface area contributed by atoms with Crippen molar-refractivity contribution in [3.63, 3.8) is 0 Å². The fourth-order valence-electron chi connectivity index (χ4n) is 2.65. The van der Waals surface area contributed by atoms with Gasteiger partial charge in [-0.25, -0.2) is 0 Å². The Labute approximate surface area is 126 Å². The van der Waals surface area contributed by atoms with E-state index in [2.05, 4.69) is 24.1 Å². The van der Waals surface area contributed by atoms with Crippen molar-refractivity contribution < 1.29 is 9.36 Å². The number of benzene rings is 1. The van der Waals surface area contributed by atoms with Crippen LogP contribution in [0.15, 0.2) is 30.9 Å². The minimum atomic E-state index is -2.43. The van der Waals surface area contributed by atoms with Crippen LogP contribution in [-0.2, 0) is 15.8 Å². The zero-order valence-electron chi connectivity index (χ0n) is 12.5. The van der Waals surface area contributed by atoms with Crippen molar-refractivity contribution in [1.29, 1.82) is 0 Å². The van der Waals surface area contributed by atoms with E-state index in [4.69, 9.17) is 0 Å². The van der Waals surface area contributed by atoms with E-state index in [1.54, 1.807) is 0 Å². The number of hydrogen-bond acceptors (Lipinski definition) is 3. The van der Waals surface area contributed by atoms with E-state index in [0.29, 0.717) is 18.0 Å². The fourth-order valence-corrected chi connectivity index (χ4v) is 5.36. The monoisotopic (exact) mass is 306 g/mol. The number of nitrogens with one attached hydrogen (secondary N) is 2. The summed E-state index contributed by atoms with van der Waals surface area (Å²) < 4.78 is 13.3. The summed E-state index contributed by atoms with van der Waals surface area (Å²) in [4.78, 5) is 11.6. The van der Waals surface area contributed by atoms with E-state index >= 15 is 0 Å². The maximum absolute atomic E-state index is 13.3. The van der Waals surface area contributed by atoms with Gasteiger partial charge >= 0.3 is 0 Å². The van der Waals surface area contributed by atoms with E-state index in [9.17, 15) is 9.36 Å². The average Bonchev–Trinajstić information content (AvgIpc) is 2.49. The third-order valence-corrected chi connectivity index (χ3v) is 6.92. The molecule has 4 nitrogen and oxygen atoms in total. The molecular weight excluding hydrogens is 283 g/mol. The summed E-state index contributed by atoms with van der Waals surface area (Å²) >= 11 is 0. The lowest BCUT2D eigenvalue weighted by Gasteiger charge is -2.26. The van der Waals surface area contributed by atoms with Crippen molar-refractivity contribution >= 4 is 24.0 Å². The largest absolute Gasteiger partial charge is 0.322 e. The van der Waals surface area contributed by atoms with E-state index in [-0.39, 0.29) is 5.91 Å². The molecule has 21 heavy (non-hydrogen) atoms. The SMILES string of the molecule is C=CC(=O)Nc1ccc(CCC)cc1P1(=O)CCNCC1. The maximum Gasteiger partial charge on any atom is 0.247 e. The van der Waals surface area contributed by atoms with Gasteiger partial charge in [-0.2, -0.15) is 0 Å². The molecule has 1 fully saturated rings. The molecule has 0 bridgehead atoms. The molecule has 0 atom stereocenters. The van der Waals surface area contributed by atoms with E-state index in [1.807, 2.05) is 18.2 Å². The second-order valence-electron chi connectivity index (χ2n) is 5.38. The van der Waals surface area contributed by atoms with Gasteiger partial charge in [0.15, 0.2) is 0 Å². The predicted molar refractivity (Wildman–Crippen MR) is 89.1 cm³/mol. The van der Waals surface area contributed by atoms with Crippen molar-refractivity contribution in [2.75, 3.05) is 30.7 Å². The molecule has 2 rings (SSSR count). The summed E-state index contributed by atoms with van der Waals surface area (Å²) in [6.45, 7) is 7.13. The highest BCUT2D eigenvalue weighted by Gasteiger charge is 2.30. The second kappa shape index (κ2) is 7.06. The first-order chi connectivity index (χ1) is 10.1. The fraction of sp³-hybridized carbons (Fsp3) is 0.438. The quantitative estimate of drug-likeness (QED) is 0.648. The molecule has 0 aromatic heterocycles. The Morgan fingerprint density at radius 2 is 2.14 bits per heavy atom. The van der Waals surface area contributed by atoms with Crippen molar-refractivity contribution in [2.24, 2.45) is 0 Å². The Kier molecular flexibility index (Phi) is 5.38. The Balaban J connectivity index is 2.42. The van der Waals surface area contributed by atoms with Crippen molar-refractivity contribution in [1.82, 2.24) is 5.32 Å². The number of carbonyl (C=O) groups excluding carboxylic acids is 1. The number of anilines is 1. The van der Waals surface area contributed by atoms with Crippen LogP contribution in [0.2, 0.25) is 0 Å². The molecule has 1 saturated heterocycles. The topological polar surface area (TPSA) is 58.2 Å². The molecule has 1 aromatic rings. The van der Waals surface area contributed by atoms with Crippen molar-refractivity contribution in [2.45, 2.75) is 19.8 Å². The molecule has 1 aromatic carbocycles. The normalized spacial score (nSPS) is 17.2. The van der Waals surface area contributed by atoms with Gasteiger partial charge in [0, 0.05) is 30.7 Å². The van der Waals surface area contributed by atoms with Crippen LogP contribution in [0.4, 0.5) is 5.69 Å². The van der Waals surface area contributed by atoms with Gasteiger partial charge in [0.2, 0.25) is 5.91 Å². The van der Waals surface area contributed by atoms with Gasteiger partial charge < -0.3 is 15.2 Å². The summed E-state index contributed by atoms with van der Waals surface area (Å²) in [6.07, 6.45) is 4.55. The van der Waals surface area contributed by atoms with Crippen LogP contribution >= 0.6 is 7.14 Å². The number of amides is 1. The van der Waals surface area contributed by atoms with Crippen LogP contribution in [0.5, 0.6) is 0 Å². The molecule has 0 aliphatic carbocycles. The summed E-state index contributed by atoms with van der Waals surface area (Å²) in [7, 11) is -2.43. The van der Waals surface area contributed by atoms with Crippen LogP contribution in [0.3, 0.4) is 0 Å². The first-order valence-electron chi connectivity index (χ1n) is 7.45. The van der Waals surface area contributed by atoms with Crippen molar-refractivity contribution in [3.8, 4) is 0 Å². The summed E-state index contributed by atoms with van der Waals surface area (Å²) in [5.74, 6) is -0.263. The average molecular weight is 306 g/mol. The van der Waals surface area contributed by atoms with Gasteiger partial charge in [0.05, 0.1) is 5.69 Å². The van der Waals surface area contributed by atoms with Crippen LogP contribution in [0.1, 0.15) is 18.9 Å². The van der Waals surface area contributed by atoms with Gasteiger partial charge in [-0.15, -0.1) is 0 Å². The summed E-state index contributed by atoms with van der Waals surface area (Å²) in [6, 6.07) is 5.90. The number of rotatable bonds is 5. The van der Waals surface area contributed by atoms with Crippen LogP contribution in [-0.4, -0.2) is 31.3 Å². The number of hydrogen-bond donors (Lipinski definition) is 2. The molecule has 1 heterocycles. The van der Waals surface area contributed by atoms with Crippen molar-refractivity contribution in [3.05, 3.63) is 36.4 Å².